The average Bonchev–Trinajstić information content (AvgIpc) is 3.89. The molecule has 394 valence electrons. The highest BCUT2D eigenvalue weighted by Gasteiger charge is 2.45. The number of nitrogens with zero attached hydrogens (tertiary/aromatic N) is 6. The van der Waals surface area contributed by atoms with E-state index in [9.17, 15) is 37.1 Å². The number of benzene rings is 1. The fourth-order valence-electron chi connectivity index (χ4n) is 10.6. The fourth-order valence-corrected chi connectivity index (χ4v) is 10.6. The summed E-state index contributed by atoms with van der Waals surface area (Å²) >= 11 is 0. The van der Waals surface area contributed by atoms with Crippen molar-refractivity contribution in [3.05, 3.63) is 60.2 Å². The Labute approximate surface area is 419 Å². The van der Waals surface area contributed by atoms with E-state index in [1.807, 2.05) is 11.0 Å². The molecule has 18 nitrogen and oxygen atoms in total. The zero-order valence-electron chi connectivity index (χ0n) is 41.8. The number of carbonyl (C=O) groups excluding carboxylic acids is 5. The third-order valence-corrected chi connectivity index (χ3v) is 14.9. The van der Waals surface area contributed by atoms with Crippen molar-refractivity contribution in [2.24, 2.45) is 17.8 Å². The van der Waals surface area contributed by atoms with Crippen LogP contribution in [0.25, 0.3) is 10.9 Å². The number of alkyl halides is 3. The van der Waals surface area contributed by atoms with Gasteiger partial charge in [-0.05, 0) is 108 Å². The van der Waals surface area contributed by atoms with Gasteiger partial charge in [-0.2, -0.15) is 13.2 Å². The first-order valence-electron chi connectivity index (χ1n) is 25.4. The topological polar surface area (TPSA) is 210 Å². The largest absolute Gasteiger partial charge is 0.416 e. The summed E-state index contributed by atoms with van der Waals surface area (Å²) in [7, 11) is 3.79. The first kappa shape index (κ1) is 54.3. The molecule has 0 bridgehead atoms. The molecule has 0 radical (unpaired) electrons. The Hall–Kier alpha value is -5.51. The minimum atomic E-state index is -4.55. The van der Waals surface area contributed by atoms with Crippen molar-refractivity contribution in [1.29, 1.82) is 0 Å². The van der Waals surface area contributed by atoms with Crippen LogP contribution in [0.15, 0.2) is 49.1 Å². The Morgan fingerprint density at radius 2 is 1.62 bits per heavy atom. The van der Waals surface area contributed by atoms with E-state index in [0.717, 1.165) is 37.0 Å². The molecule has 0 spiro atoms. The van der Waals surface area contributed by atoms with Crippen molar-refractivity contribution < 1.29 is 51.4 Å². The summed E-state index contributed by atoms with van der Waals surface area (Å²) < 4.78 is 57.5. The number of hydrogen-bond acceptors (Lipinski definition) is 13. The Kier molecular flexibility index (Phi) is 19.2. The fraction of sp³-hybridized carbons (Fsp3) is 0.647. The lowest BCUT2D eigenvalue weighted by molar-refractivity contribution is -0.137. The second kappa shape index (κ2) is 25.4. The summed E-state index contributed by atoms with van der Waals surface area (Å²) in [5, 5.41) is 12.6. The van der Waals surface area contributed by atoms with Gasteiger partial charge in [0.05, 0.1) is 74.8 Å². The number of halogens is 3. The van der Waals surface area contributed by atoms with Crippen LogP contribution < -0.4 is 21.3 Å². The van der Waals surface area contributed by atoms with Gasteiger partial charge in [0, 0.05) is 75.3 Å². The molecule has 3 aromatic rings. The van der Waals surface area contributed by atoms with E-state index in [1.165, 1.54) is 12.4 Å². The number of ether oxygens (including phenoxy) is 3. The molecule has 4 N–H and O–H groups in total. The summed E-state index contributed by atoms with van der Waals surface area (Å²) in [5.41, 5.74) is 0.333. The molecule has 21 heteroatoms. The van der Waals surface area contributed by atoms with Crippen LogP contribution >= 0.6 is 0 Å². The van der Waals surface area contributed by atoms with Gasteiger partial charge in [-0.15, -0.1) is 0 Å². The highest BCUT2D eigenvalue weighted by atomic mass is 19.4. The van der Waals surface area contributed by atoms with Gasteiger partial charge >= 0.3 is 6.18 Å². The molecule has 72 heavy (non-hydrogen) atoms. The maximum Gasteiger partial charge on any atom is 0.416 e. The quantitative estimate of drug-likeness (QED) is 0.0967. The molecule has 4 fully saturated rings. The van der Waals surface area contributed by atoms with Crippen LogP contribution in [0, 0.1) is 17.8 Å². The van der Waals surface area contributed by atoms with E-state index in [2.05, 4.69) is 62.0 Å². The van der Waals surface area contributed by atoms with Gasteiger partial charge in [-0.1, -0.05) is 6.07 Å². The number of carbonyl (C=O) groups is 5. The number of aromatic nitrogens is 3. The van der Waals surface area contributed by atoms with Crippen molar-refractivity contribution in [2.45, 2.75) is 120 Å². The number of amides is 5. The highest BCUT2D eigenvalue weighted by Crippen LogP contribution is 2.38. The molecule has 6 atom stereocenters. The summed E-state index contributed by atoms with van der Waals surface area (Å²) in [6.45, 7) is 7.44. The third-order valence-electron chi connectivity index (χ3n) is 14.9. The molecule has 5 amide bonds. The molecule has 2 saturated heterocycles. The van der Waals surface area contributed by atoms with Crippen LogP contribution in [0.3, 0.4) is 0 Å². The summed E-state index contributed by atoms with van der Waals surface area (Å²) in [4.78, 5) is 84.2. The average molecular weight is 1010 g/mol. The number of hydrogen-bond donors (Lipinski definition) is 4. The van der Waals surface area contributed by atoms with Gasteiger partial charge in [0.2, 0.25) is 29.5 Å². The molecule has 1 aromatic carbocycles. The third kappa shape index (κ3) is 14.2. The van der Waals surface area contributed by atoms with Crippen LogP contribution in [0.5, 0.6) is 0 Å². The molecule has 2 aromatic heterocycles. The molecule has 2 aliphatic heterocycles. The number of rotatable bonds is 23. The number of fused-ring (bicyclic) bond motifs is 1. The molecule has 2 saturated carbocycles. The zero-order valence-corrected chi connectivity index (χ0v) is 41.8. The lowest BCUT2D eigenvalue weighted by Gasteiger charge is -2.45. The lowest BCUT2D eigenvalue weighted by atomic mass is 9.80. The van der Waals surface area contributed by atoms with E-state index in [0.29, 0.717) is 96.3 Å². The zero-order chi connectivity index (χ0) is 51.4. The Morgan fingerprint density at radius 3 is 2.33 bits per heavy atom. The number of anilines is 1. The van der Waals surface area contributed by atoms with Crippen LogP contribution in [0.4, 0.5) is 19.0 Å². The first-order valence-corrected chi connectivity index (χ1v) is 25.4. The molecule has 7 rings (SSSR count). The highest BCUT2D eigenvalue weighted by molar-refractivity contribution is 5.93. The SMILES string of the molecule is CC(C)N(C)[C@@H]1CC[C@H](N2CC[C@H](Nc3ncnc4ccc(C(F)(F)F)cc34)C2=O)[C@H](NC(=O)C2CCC(CNC(=O)CCOCCOCCOCCNC(=O)[C@H]3CC(=O)N(C)[C@@H]3c3cccnc3)CC2)C1. The van der Waals surface area contributed by atoms with Crippen molar-refractivity contribution in [2.75, 3.05) is 78.7 Å². The second-order valence-corrected chi connectivity index (χ2v) is 19.8. The number of likely N-dealkylation sites (tertiary alicyclic amines) is 2. The van der Waals surface area contributed by atoms with Gasteiger partial charge in [0.15, 0.2) is 0 Å². The molecule has 0 unspecified atom stereocenters. The Morgan fingerprint density at radius 1 is 0.889 bits per heavy atom. The normalized spacial score (nSPS) is 24.8. The molecular formula is C51H71F3N10O8. The minimum absolute atomic E-state index is 0.0204. The minimum Gasteiger partial charge on any atom is -0.379 e. The van der Waals surface area contributed by atoms with Crippen LogP contribution in [-0.2, 0) is 44.4 Å². The Bertz CT molecular complexity index is 2300. The van der Waals surface area contributed by atoms with E-state index in [-0.39, 0.29) is 96.2 Å². The number of nitrogens with one attached hydrogen (secondary N) is 4. The maximum absolute atomic E-state index is 14.1. The van der Waals surface area contributed by atoms with E-state index < -0.39 is 23.7 Å². The van der Waals surface area contributed by atoms with Gasteiger partial charge in [-0.3, -0.25) is 29.0 Å². The van der Waals surface area contributed by atoms with E-state index in [1.54, 1.807) is 30.4 Å². The van der Waals surface area contributed by atoms with E-state index >= 15 is 0 Å². The van der Waals surface area contributed by atoms with Crippen molar-refractivity contribution >= 4 is 46.3 Å². The van der Waals surface area contributed by atoms with Crippen LogP contribution in [-0.4, -0.2) is 163 Å². The Balaban J connectivity index is 0.762. The van der Waals surface area contributed by atoms with Gasteiger partial charge in [0.25, 0.3) is 0 Å². The maximum atomic E-state index is 14.1. The molecule has 4 heterocycles. The van der Waals surface area contributed by atoms with Crippen molar-refractivity contribution in [3.8, 4) is 0 Å². The van der Waals surface area contributed by atoms with Crippen molar-refractivity contribution in [3.63, 3.8) is 0 Å². The standard InChI is InChI=1S/C51H71F3N10O8/c1-32(2)62(3)37-12-14-43(64-19-15-41(50(64)69)60-47-38-26-36(51(52,53)54)11-13-40(38)58-31-59-47)42(27-37)61-48(67)34-9-7-33(8-10-34)29-57-44(65)16-20-70-22-24-72-25-23-71-21-18-56-49(68)39-28-45(66)63(4)46(39)35-6-5-17-55-30-35/h5-6,11,13,17,26,30-34,37,39,41-43,46H,7-10,12,14-16,18-25,27-29H2,1-4H3,(H,56,68)(H,57,65)(H,61,67)(H,58,59,60)/t33?,34?,37-,39+,41+,42-,43+,46-/m1/s1. The van der Waals surface area contributed by atoms with Gasteiger partial charge in [0.1, 0.15) is 18.2 Å². The van der Waals surface area contributed by atoms with Gasteiger partial charge < -0.3 is 50.2 Å². The first-order chi connectivity index (χ1) is 34.6. The summed E-state index contributed by atoms with van der Waals surface area (Å²) in [5.74, 6) is -0.839. The molecule has 4 aliphatic rings. The summed E-state index contributed by atoms with van der Waals surface area (Å²) in [6.07, 6.45) is 6.06. The predicted octanol–water partition coefficient (Wildman–Crippen LogP) is 4.50. The predicted molar refractivity (Wildman–Crippen MR) is 261 cm³/mol. The number of pyridine rings is 1. The van der Waals surface area contributed by atoms with Crippen molar-refractivity contribution in [1.82, 2.24) is 45.6 Å². The van der Waals surface area contributed by atoms with Crippen LogP contribution in [0.1, 0.15) is 95.2 Å². The van der Waals surface area contributed by atoms with Crippen LogP contribution in [0.2, 0.25) is 0 Å². The van der Waals surface area contributed by atoms with E-state index in [4.69, 9.17) is 14.2 Å². The monoisotopic (exact) mass is 1010 g/mol. The second-order valence-electron chi connectivity index (χ2n) is 19.8. The molecular weight excluding hydrogens is 938 g/mol. The lowest BCUT2D eigenvalue weighted by Crippen LogP contribution is -2.59. The summed E-state index contributed by atoms with van der Waals surface area (Å²) in [6, 6.07) is 5.88. The van der Waals surface area contributed by atoms with Gasteiger partial charge in [-0.25, -0.2) is 9.97 Å². The molecule has 2 aliphatic carbocycles. The smallest absolute Gasteiger partial charge is 0.379 e.